The fourth-order valence-corrected chi connectivity index (χ4v) is 7.99. The molecule has 2 aromatic carbocycles. The molecule has 1 aliphatic carbocycles. The molecular formula is C29H25FN4O3S2. The summed E-state index contributed by atoms with van der Waals surface area (Å²) in [5.41, 5.74) is 3.18. The van der Waals surface area contributed by atoms with Crippen LogP contribution in [0.5, 0.6) is 0 Å². The molecule has 0 radical (unpaired) electrons. The van der Waals surface area contributed by atoms with Gasteiger partial charge < -0.3 is 9.42 Å². The van der Waals surface area contributed by atoms with E-state index in [2.05, 4.69) is 5.16 Å². The van der Waals surface area contributed by atoms with E-state index in [0.717, 1.165) is 59.3 Å². The smallest absolute Gasteiger partial charge is 0.267 e. The van der Waals surface area contributed by atoms with Crippen LogP contribution in [-0.2, 0) is 17.6 Å². The molecule has 3 aromatic heterocycles. The molecule has 0 saturated carbocycles. The van der Waals surface area contributed by atoms with Crippen molar-refractivity contribution in [2.75, 3.05) is 18.8 Å². The number of hydrogen-bond acceptors (Lipinski definition) is 7. The lowest BCUT2D eigenvalue weighted by molar-refractivity contribution is -0.129. The summed E-state index contributed by atoms with van der Waals surface area (Å²) in [6.45, 7) is 1.17. The van der Waals surface area contributed by atoms with Crippen LogP contribution in [-0.4, -0.2) is 44.4 Å². The highest BCUT2D eigenvalue weighted by Crippen LogP contribution is 2.37. The Hall–Kier alpha value is -3.50. The number of para-hydroxylation sites is 1. The lowest BCUT2D eigenvalue weighted by atomic mass is 9.91. The summed E-state index contributed by atoms with van der Waals surface area (Å²) in [5.74, 6) is -0.00179. The highest BCUT2D eigenvalue weighted by atomic mass is 32.2. The van der Waals surface area contributed by atoms with Crippen molar-refractivity contribution in [3.05, 3.63) is 80.8 Å². The van der Waals surface area contributed by atoms with E-state index in [4.69, 9.17) is 9.51 Å². The maximum Gasteiger partial charge on any atom is 0.267 e. The van der Waals surface area contributed by atoms with Gasteiger partial charge in [-0.1, -0.05) is 35.1 Å². The van der Waals surface area contributed by atoms with Crippen LogP contribution >= 0.6 is 23.1 Å². The van der Waals surface area contributed by atoms with Crippen molar-refractivity contribution in [1.29, 1.82) is 0 Å². The monoisotopic (exact) mass is 560 g/mol. The highest BCUT2D eigenvalue weighted by molar-refractivity contribution is 7.99. The minimum atomic E-state index is -0.315. The number of aromatic nitrogens is 3. The standard InChI is InChI=1S/C29H25FN4O3S2/c30-18-9-10-22-21(15-18)26(32-37-22)17-11-13-33(14-12-17)24(35)16-38-29-31-27-25(20-7-4-8-23(20)39-27)28(36)34(29)19-5-2-1-3-6-19/h1-3,5-6,9-10,15,17H,4,7-8,11-14,16H2. The van der Waals surface area contributed by atoms with Gasteiger partial charge in [-0.3, -0.25) is 14.2 Å². The maximum atomic E-state index is 13.8. The topological polar surface area (TPSA) is 81.2 Å². The number of hydrogen-bond donors (Lipinski definition) is 0. The Morgan fingerprint density at radius 3 is 2.77 bits per heavy atom. The minimum absolute atomic E-state index is 0.0112. The van der Waals surface area contributed by atoms with Gasteiger partial charge in [0.2, 0.25) is 5.91 Å². The number of nitrogens with zero attached hydrogens (tertiary/aromatic N) is 4. The lowest BCUT2D eigenvalue weighted by Gasteiger charge is -2.31. The first-order valence-electron chi connectivity index (χ1n) is 13.1. The molecule has 5 aromatic rings. The van der Waals surface area contributed by atoms with Gasteiger partial charge in [0.15, 0.2) is 10.7 Å². The third-order valence-electron chi connectivity index (χ3n) is 7.74. The molecule has 7 nitrogen and oxygen atoms in total. The molecule has 0 atom stereocenters. The molecule has 1 aliphatic heterocycles. The Morgan fingerprint density at radius 2 is 1.95 bits per heavy atom. The number of halogens is 1. The first-order chi connectivity index (χ1) is 19.1. The van der Waals surface area contributed by atoms with Crippen LogP contribution in [0.2, 0.25) is 0 Å². The van der Waals surface area contributed by atoms with Crippen molar-refractivity contribution in [2.45, 2.75) is 43.2 Å². The zero-order valence-electron chi connectivity index (χ0n) is 21.1. The van der Waals surface area contributed by atoms with Gasteiger partial charge in [-0.2, -0.15) is 0 Å². The van der Waals surface area contributed by atoms with Crippen molar-refractivity contribution in [2.24, 2.45) is 0 Å². The Morgan fingerprint density at radius 1 is 1.13 bits per heavy atom. The number of benzene rings is 2. The summed E-state index contributed by atoms with van der Waals surface area (Å²) >= 11 is 2.92. The molecule has 10 heteroatoms. The SMILES string of the molecule is O=C(CSc1nc2sc3c(c2c(=O)n1-c1ccccc1)CCC3)N1CCC(c2noc3ccc(F)cc23)CC1. The van der Waals surface area contributed by atoms with Crippen LogP contribution in [0.4, 0.5) is 4.39 Å². The Kier molecular flexibility index (Phi) is 6.24. The summed E-state index contributed by atoms with van der Waals surface area (Å²) < 4.78 is 20.8. The quantitative estimate of drug-likeness (QED) is 0.202. The van der Waals surface area contributed by atoms with Gasteiger partial charge in [0.25, 0.3) is 5.56 Å². The summed E-state index contributed by atoms with van der Waals surface area (Å²) in [6, 6.07) is 14.0. The van der Waals surface area contributed by atoms with Crippen LogP contribution in [0.25, 0.3) is 26.9 Å². The predicted molar refractivity (Wildman–Crippen MR) is 150 cm³/mol. The second-order valence-electron chi connectivity index (χ2n) is 10.1. The van der Waals surface area contributed by atoms with E-state index in [-0.39, 0.29) is 29.0 Å². The number of thioether (sulfide) groups is 1. The largest absolute Gasteiger partial charge is 0.356 e. The maximum absolute atomic E-state index is 13.8. The molecule has 39 heavy (non-hydrogen) atoms. The second-order valence-corrected chi connectivity index (χ2v) is 12.1. The summed E-state index contributed by atoms with van der Waals surface area (Å²) in [7, 11) is 0. The van der Waals surface area contributed by atoms with Crippen LogP contribution < -0.4 is 5.56 Å². The number of aryl methyl sites for hydroxylation is 2. The molecular weight excluding hydrogens is 535 g/mol. The van der Waals surface area contributed by atoms with Gasteiger partial charge >= 0.3 is 0 Å². The van der Waals surface area contributed by atoms with Gasteiger partial charge in [-0.05, 0) is 68.0 Å². The van der Waals surface area contributed by atoms with Crippen molar-refractivity contribution in [3.8, 4) is 5.69 Å². The molecule has 0 bridgehead atoms. The third kappa shape index (κ3) is 4.35. The molecule has 0 N–H and O–H groups in total. The zero-order valence-corrected chi connectivity index (χ0v) is 22.7. The molecule has 1 amide bonds. The second kappa shape index (κ2) is 9.91. The molecule has 2 aliphatic rings. The zero-order chi connectivity index (χ0) is 26.5. The molecule has 198 valence electrons. The molecule has 4 heterocycles. The van der Waals surface area contributed by atoms with Gasteiger partial charge in [0.1, 0.15) is 10.6 Å². The predicted octanol–water partition coefficient (Wildman–Crippen LogP) is 5.71. The van der Waals surface area contributed by atoms with E-state index >= 15 is 0 Å². The summed E-state index contributed by atoms with van der Waals surface area (Å²) in [4.78, 5) is 35.8. The van der Waals surface area contributed by atoms with Crippen LogP contribution in [0.3, 0.4) is 0 Å². The number of carbonyl (C=O) groups excluding carboxylic acids is 1. The number of thiophene rings is 1. The molecule has 1 saturated heterocycles. The van der Waals surface area contributed by atoms with Crippen LogP contribution in [0.1, 0.15) is 41.3 Å². The number of carbonyl (C=O) groups is 1. The number of fused-ring (bicyclic) bond motifs is 4. The number of rotatable bonds is 5. The van der Waals surface area contributed by atoms with E-state index < -0.39 is 0 Å². The molecule has 0 unspecified atom stereocenters. The van der Waals surface area contributed by atoms with E-state index in [1.54, 1.807) is 22.0 Å². The summed E-state index contributed by atoms with van der Waals surface area (Å²) in [6.07, 6.45) is 4.45. The first kappa shape index (κ1) is 24.5. The van der Waals surface area contributed by atoms with E-state index in [0.29, 0.717) is 29.2 Å². The highest BCUT2D eigenvalue weighted by Gasteiger charge is 2.28. The molecule has 1 fully saturated rings. The Labute approximate surface area is 231 Å². The van der Waals surface area contributed by atoms with Crippen molar-refractivity contribution >= 4 is 50.2 Å². The van der Waals surface area contributed by atoms with Crippen LogP contribution in [0, 0.1) is 5.82 Å². The molecule has 0 spiro atoms. The summed E-state index contributed by atoms with van der Waals surface area (Å²) in [5, 5.41) is 6.18. The Balaban J connectivity index is 1.10. The molecule has 7 rings (SSSR count). The lowest BCUT2D eigenvalue weighted by Crippen LogP contribution is -2.39. The first-order valence-corrected chi connectivity index (χ1v) is 14.9. The fourth-order valence-electron chi connectivity index (χ4n) is 5.77. The fraction of sp³-hybridized carbons (Fsp3) is 0.310. The average molecular weight is 561 g/mol. The van der Waals surface area contributed by atoms with E-state index in [1.807, 2.05) is 35.2 Å². The average Bonchev–Trinajstić information content (AvgIpc) is 3.67. The Bertz CT molecular complexity index is 1770. The van der Waals surface area contributed by atoms with Gasteiger partial charge in [0.05, 0.1) is 22.5 Å². The van der Waals surface area contributed by atoms with Gasteiger partial charge in [-0.15, -0.1) is 11.3 Å². The normalized spacial score (nSPS) is 15.9. The minimum Gasteiger partial charge on any atom is -0.356 e. The van der Waals surface area contributed by atoms with Gasteiger partial charge in [-0.25, -0.2) is 9.37 Å². The van der Waals surface area contributed by atoms with Crippen molar-refractivity contribution in [1.82, 2.24) is 19.6 Å². The number of likely N-dealkylation sites (tertiary alicyclic amines) is 1. The van der Waals surface area contributed by atoms with E-state index in [1.165, 1.54) is 28.8 Å². The van der Waals surface area contributed by atoms with E-state index in [9.17, 15) is 14.0 Å². The van der Waals surface area contributed by atoms with Crippen LogP contribution in [0.15, 0.2) is 63.0 Å². The van der Waals surface area contributed by atoms with Crippen molar-refractivity contribution < 1.29 is 13.7 Å². The third-order valence-corrected chi connectivity index (χ3v) is 9.85. The van der Waals surface area contributed by atoms with Gasteiger partial charge in [0, 0.05) is 29.3 Å². The van der Waals surface area contributed by atoms with Crippen molar-refractivity contribution in [3.63, 3.8) is 0 Å². The number of amides is 1. The number of piperidine rings is 1.